The summed E-state index contributed by atoms with van der Waals surface area (Å²) in [7, 11) is 0. The lowest BCUT2D eigenvalue weighted by Crippen LogP contribution is -2.49. The molecule has 4 heteroatoms. The van der Waals surface area contributed by atoms with Gasteiger partial charge in [-0.05, 0) is 65.7 Å². The quantitative estimate of drug-likeness (QED) is 0.824. The fraction of sp³-hybridized carbons (Fsp3) is 0.947. The van der Waals surface area contributed by atoms with Crippen LogP contribution in [0.1, 0.15) is 73.1 Å². The van der Waals surface area contributed by atoms with Crippen LogP contribution in [-0.4, -0.2) is 41.8 Å². The van der Waals surface area contributed by atoms with Gasteiger partial charge in [-0.25, -0.2) is 4.79 Å². The Morgan fingerprint density at radius 1 is 1.22 bits per heavy atom. The van der Waals surface area contributed by atoms with Crippen LogP contribution in [0.3, 0.4) is 0 Å². The van der Waals surface area contributed by atoms with Crippen LogP contribution in [0.4, 0.5) is 4.79 Å². The number of hydrogen-bond acceptors (Lipinski definition) is 3. The van der Waals surface area contributed by atoms with Crippen molar-refractivity contribution in [3.8, 4) is 0 Å². The molecular formula is C19H36N2O2. The van der Waals surface area contributed by atoms with Crippen molar-refractivity contribution in [1.29, 1.82) is 0 Å². The predicted molar refractivity (Wildman–Crippen MR) is 94.5 cm³/mol. The molecule has 1 N–H and O–H groups in total. The number of nitrogens with zero attached hydrogens (tertiary/aromatic N) is 1. The van der Waals surface area contributed by atoms with E-state index in [1.54, 1.807) is 0 Å². The maximum Gasteiger partial charge on any atom is 0.410 e. The minimum absolute atomic E-state index is 0.156. The minimum atomic E-state index is -0.412. The largest absolute Gasteiger partial charge is 0.444 e. The number of piperidine rings is 1. The molecule has 1 saturated heterocycles. The Labute approximate surface area is 142 Å². The van der Waals surface area contributed by atoms with Crippen molar-refractivity contribution in [2.45, 2.75) is 90.8 Å². The molecule has 2 aliphatic rings. The highest BCUT2D eigenvalue weighted by molar-refractivity contribution is 5.68. The first kappa shape index (κ1) is 18.6. The highest BCUT2D eigenvalue weighted by Gasteiger charge is 2.31. The molecule has 2 rings (SSSR count). The zero-order valence-electron chi connectivity index (χ0n) is 15.7. The highest BCUT2D eigenvalue weighted by atomic mass is 16.6. The van der Waals surface area contributed by atoms with Crippen molar-refractivity contribution in [2.24, 2.45) is 11.8 Å². The third-order valence-electron chi connectivity index (χ3n) is 5.28. The maximum absolute atomic E-state index is 12.3. The fourth-order valence-corrected chi connectivity index (χ4v) is 3.79. The summed E-state index contributed by atoms with van der Waals surface area (Å²) >= 11 is 0. The van der Waals surface area contributed by atoms with E-state index >= 15 is 0 Å². The summed E-state index contributed by atoms with van der Waals surface area (Å²) in [4.78, 5) is 14.2. The van der Waals surface area contributed by atoms with Gasteiger partial charge >= 0.3 is 6.09 Å². The van der Waals surface area contributed by atoms with Crippen LogP contribution in [0, 0.1) is 11.8 Å². The van der Waals surface area contributed by atoms with E-state index in [2.05, 4.69) is 19.2 Å². The van der Waals surface area contributed by atoms with Crippen LogP contribution in [0.25, 0.3) is 0 Å². The molecule has 1 saturated carbocycles. The first-order chi connectivity index (χ1) is 10.7. The van der Waals surface area contributed by atoms with Gasteiger partial charge in [0.1, 0.15) is 5.60 Å². The molecule has 3 atom stereocenters. The van der Waals surface area contributed by atoms with E-state index in [4.69, 9.17) is 4.74 Å². The fourth-order valence-electron chi connectivity index (χ4n) is 3.79. The number of carbonyl (C=O) groups excluding carboxylic acids is 1. The van der Waals surface area contributed by atoms with Gasteiger partial charge in [0.25, 0.3) is 0 Å². The average Bonchev–Trinajstić information content (AvgIpc) is 2.41. The van der Waals surface area contributed by atoms with Crippen LogP contribution in [0.15, 0.2) is 0 Å². The number of rotatable bonds is 5. The van der Waals surface area contributed by atoms with E-state index in [9.17, 15) is 4.79 Å². The van der Waals surface area contributed by atoms with Crippen LogP contribution in [0.5, 0.6) is 0 Å². The Kier molecular flexibility index (Phi) is 6.35. The van der Waals surface area contributed by atoms with Crippen LogP contribution >= 0.6 is 0 Å². The molecule has 1 amide bonds. The molecule has 0 spiro atoms. The van der Waals surface area contributed by atoms with Gasteiger partial charge in [0.05, 0.1) is 0 Å². The lowest BCUT2D eigenvalue weighted by molar-refractivity contribution is 0.0145. The lowest BCUT2D eigenvalue weighted by atomic mass is 9.81. The van der Waals surface area contributed by atoms with Gasteiger partial charge in [0, 0.05) is 25.2 Å². The number of ether oxygens (including phenoxy) is 1. The van der Waals surface area contributed by atoms with Gasteiger partial charge in [-0.3, -0.25) is 0 Å². The maximum atomic E-state index is 12.3. The molecule has 0 aromatic heterocycles. The Balaban J connectivity index is 1.78. The summed E-state index contributed by atoms with van der Waals surface area (Å²) in [6, 6.07) is 1.03. The Morgan fingerprint density at radius 2 is 1.91 bits per heavy atom. The normalized spacial score (nSPS) is 25.6. The van der Waals surface area contributed by atoms with E-state index < -0.39 is 5.60 Å². The average molecular weight is 325 g/mol. The number of amides is 1. The van der Waals surface area contributed by atoms with E-state index in [1.807, 2.05) is 25.7 Å². The molecule has 0 aromatic carbocycles. The topological polar surface area (TPSA) is 41.6 Å². The van der Waals surface area contributed by atoms with Crippen molar-refractivity contribution in [3.05, 3.63) is 0 Å². The minimum Gasteiger partial charge on any atom is -0.444 e. The Hall–Kier alpha value is -0.770. The summed E-state index contributed by atoms with van der Waals surface area (Å²) in [5.74, 6) is 1.47. The first-order valence-corrected chi connectivity index (χ1v) is 9.48. The number of hydrogen-bond donors (Lipinski definition) is 1. The van der Waals surface area contributed by atoms with Gasteiger partial charge < -0.3 is 15.0 Å². The van der Waals surface area contributed by atoms with Crippen molar-refractivity contribution < 1.29 is 9.53 Å². The second-order valence-electron chi connectivity index (χ2n) is 8.72. The van der Waals surface area contributed by atoms with E-state index in [1.165, 1.54) is 32.1 Å². The molecule has 134 valence electrons. The van der Waals surface area contributed by atoms with E-state index in [-0.39, 0.29) is 6.09 Å². The molecule has 2 fully saturated rings. The molecule has 0 radical (unpaired) electrons. The zero-order valence-corrected chi connectivity index (χ0v) is 15.7. The molecule has 1 heterocycles. The van der Waals surface area contributed by atoms with Crippen LogP contribution in [-0.2, 0) is 4.74 Å². The molecular weight excluding hydrogens is 288 g/mol. The number of carbonyl (C=O) groups is 1. The summed E-state index contributed by atoms with van der Waals surface area (Å²) < 4.78 is 5.53. The van der Waals surface area contributed by atoms with Gasteiger partial charge in [-0.2, -0.15) is 0 Å². The molecule has 1 aliphatic carbocycles. The number of likely N-dealkylation sites (tertiary alicyclic amines) is 1. The molecule has 4 nitrogen and oxygen atoms in total. The third-order valence-corrected chi connectivity index (χ3v) is 5.28. The van der Waals surface area contributed by atoms with Gasteiger partial charge in [-0.15, -0.1) is 0 Å². The van der Waals surface area contributed by atoms with E-state index in [0.29, 0.717) is 18.0 Å². The van der Waals surface area contributed by atoms with Gasteiger partial charge in [0.15, 0.2) is 0 Å². The first-order valence-electron chi connectivity index (χ1n) is 9.48. The summed E-state index contributed by atoms with van der Waals surface area (Å²) in [6.07, 6.45) is 7.66. The standard InChI is InChI=1S/C19H36N2O2/c1-14(12-16-8-6-9-16)20-15(2)17-10-7-11-21(13-17)18(22)23-19(3,4)5/h14-17,20H,6-13H2,1-5H3. The van der Waals surface area contributed by atoms with Gasteiger partial charge in [-0.1, -0.05) is 19.3 Å². The lowest BCUT2D eigenvalue weighted by Gasteiger charge is -2.38. The SMILES string of the molecule is CC(CC1CCC1)NC(C)C1CCCN(C(=O)OC(C)(C)C)C1. The van der Waals surface area contributed by atoms with Crippen molar-refractivity contribution in [2.75, 3.05) is 13.1 Å². The molecule has 1 aliphatic heterocycles. The summed E-state index contributed by atoms with van der Waals surface area (Å²) in [5.41, 5.74) is -0.412. The zero-order chi connectivity index (χ0) is 17.0. The third kappa shape index (κ3) is 5.98. The van der Waals surface area contributed by atoms with Crippen molar-refractivity contribution in [1.82, 2.24) is 10.2 Å². The molecule has 3 unspecified atom stereocenters. The monoisotopic (exact) mass is 324 g/mol. The van der Waals surface area contributed by atoms with E-state index in [0.717, 1.165) is 25.4 Å². The predicted octanol–water partition coefficient (Wildman–Crippen LogP) is 4.19. The Bertz CT molecular complexity index is 387. The van der Waals surface area contributed by atoms with Crippen molar-refractivity contribution >= 4 is 6.09 Å². The number of nitrogens with one attached hydrogen (secondary N) is 1. The second-order valence-corrected chi connectivity index (χ2v) is 8.72. The highest BCUT2D eigenvalue weighted by Crippen LogP contribution is 2.31. The second kappa shape index (κ2) is 7.87. The van der Waals surface area contributed by atoms with Gasteiger partial charge in [0.2, 0.25) is 0 Å². The van der Waals surface area contributed by atoms with Crippen molar-refractivity contribution in [3.63, 3.8) is 0 Å². The molecule has 23 heavy (non-hydrogen) atoms. The smallest absolute Gasteiger partial charge is 0.410 e. The van der Waals surface area contributed by atoms with Crippen LogP contribution in [0.2, 0.25) is 0 Å². The Morgan fingerprint density at radius 3 is 2.48 bits per heavy atom. The summed E-state index contributed by atoms with van der Waals surface area (Å²) in [5, 5.41) is 3.78. The van der Waals surface area contributed by atoms with Crippen LogP contribution < -0.4 is 5.32 Å². The molecule has 0 bridgehead atoms. The molecule has 0 aromatic rings. The summed E-state index contributed by atoms with van der Waals surface area (Å²) in [6.45, 7) is 12.0.